The second-order valence-electron chi connectivity index (χ2n) is 6.57. The van der Waals surface area contributed by atoms with Gasteiger partial charge >= 0.3 is 5.97 Å². The second-order valence-corrected chi connectivity index (χ2v) is 7.73. The molecule has 1 rings (SSSR count). The average Bonchev–Trinajstić information content (AvgIpc) is 2.53. The van der Waals surface area contributed by atoms with Gasteiger partial charge < -0.3 is 14.9 Å². The number of aliphatic imine (C=N–C) groups is 1. The number of nitrogens with zero attached hydrogens (tertiary/aromatic N) is 1. The van der Waals surface area contributed by atoms with Crippen molar-refractivity contribution in [3.05, 3.63) is 38.5 Å². The molecule has 0 bridgehead atoms. The number of esters is 1. The van der Waals surface area contributed by atoms with Crippen LogP contribution in [0.1, 0.15) is 33.3 Å². The molecule has 2 N–H and O–H groups in total. The van der Waals surface area contributed by atoms with Gasteiger partial charge in [0.25, 0.3) is 0 Å². The molecule has 0 aliphatic heterocycles. The quantitative estimate of drug-likeness (QED) is 0.162. The minimum absolute atomic E-state index is 0.0373. The molecule has 144 valence electrons. The lowest BCUT2D eigenvalue weighted by Gasteiger charge is -2.25. The van der Waals surface area contributed by atoms with Gasteiger partial charge in [-0.3, -0.25) is 4.99 Å². The molecule has 0 fully saturated rings. The lowest BCUT2D eigenvalue weighted by molar-refractivity contribution is -0.137. The molecule has 0 spiro atoms. The molecule has 0 saturated carbocycles. The number of halogens is 3. The zero-order valence-electron chi connectivity index (χ0n) is 15.0. The zero-order valence-corrected chi connectivity index (χ0v) is 17.2. The molecule has 5 nitrogen and oxygen atoms in total. The molecule has 0 heterocycles. The van der Waals surface area contributed by atoms with Gasteiger partial charge in [0, 0.05) is 15.9 Å². The van der Waals surface area contributed by atoms with E-state index in [-0.39, 0.29) is 27.9 Å². The minimum atomic E-state index is -1.02. The van der Waals surface area contributed by atoms with Crippen LogP contribution in [0.15, 0.2) is 22.7 Å². The maximum absolute atomic E-state index is 14.1. The van der Waals surface area contributed by atoms with Crippen molar-refractivity contribution in [1.29, 1.82) is 0 Å². The molecule has 0 aromatic heterocycles. The highest BCUT2D eigenvalue weighted by molar-refractivity contribution is 14.1. The number of ether oxygens (including phenoxy) is 1. The van der Waals surface area contributed by atoms with Crippen molar-refractivity contribution in [1.82, 2.24) is 0 Å². The van der Waals surface area contributed by atoms with E-state index in [1.165, 1.54) is 0 Å². The van der Waals surface area contributed by atoms with Gasteiger partial charge in [-0.2, -0.15) is 0 Å². The predicted molar refractivity (Wildman–Crippen MR) is 104 cm³/mol. The Morgan fingerprint density at radius 1 is 1.35 bits per heavy atom. The van der Waals surface area contributed by atoms with E-state index < -0.39 is 34.8 Å². The highest BCUT2D eigenvalue weighted by Crippen LogP contribution is 2.25. The first kappa shape index (κ1) is 22.5. The van der Waals surface area contributed by atoms with Crippen LogP contribution in [0.25, 0.3) is 5.76 Å². The maximum Gasteiger partial charge on any atom is 0.343 e. The summed E-state index contributed by atoms with van der Waals surface area (Å²) < 4.78 is 32.5. The van der Waals surface area contributed by atoms with Crippen molar-refractivity contribution < 1.29 is 28.5 Å². The summed E-state index contributed by atoms with van der Waals surface area (Å²) in [6.45, 7) is 6.88. The first-order valence-corrected chi connectivity index (χ1v) is 9.00. The Morgan fingerprint density at radius 2 is 1.96 bits per heavy atom. The van der Waals surface area contributed by atoms with E-state index in [0.717, 1.165) is 12.3 Å². The fourth-order valence-corrected chi connectivity index (χ4v) is 2.44. The molecular formula is C18H22F2INO4. The molecule has 0 unspecified atom stereocenters. The highest BCUT2D eigenvalue weighted by Gasteiger charge is 2.25. The molecule has 1 aromatic rings. The van der Waals surface area contributed by atoms with E-state index in [1.807, 2.05) is 20.8 Å². The lowest BCUT2D eigenvalue weighted by Crippen LogP contribution is -2.28. The van der Waals surface area contributed by atoms with Crippen LogP contribution in [-0.2, 0) is 9.53 Å². The van der Waals surface area contributed by atoms with Gasteiger partial charge in [-0.1, -0.05) is 20.8 Å². The van der Waals surface area contributed by atoms with Gasteiger partial charge in [0.15, 0.2) is 0 Å². The number of aliphatic hydroxyl groups excluding tert-OH is 2. The number of benzene rings is 1. The van der Waals surface area contributed by atoms with Crippen molar-refractivity contribution >= 4 is 40.5 Å². The number of carbonyl (C=O) groups is 1. The number of rotatable bonds is 6. The molecule has 0 saturated heterocycles. The van der Waals surface area contributed by atoms with Gasteiger partial charge in [0.1, 0.15) is 23.0 Å². The van der Waals surface area contributed by atoms with Gasteiger partial charge in [-0.05, 0) is 41.0 Å². The summed E-state index contributed by atoms with van der Waals surface area (Å²) >= 11 is 1.65. The Labute approximate surface area is 164 Å². The smallest absolute Gasteiger partial charge is 0.343 e. The van der Waals surface area contributed by atoms with E-state index in [2.05, 4.69) is 4.99 Å². The Morgan fingerprint density at radius 3 is 2.46 bits per heavy atom. The topological polar surface area (TPSA) is 79.1 Å². The standard InChI is InChI=1S/C18H22F2INO4/c1-5-26-17(25)11(8-22-15(9-23)18(2,3)4)16(24)10-6-14(21)13(20)7-12(10)19/h6-8,15,23-24H,5,9H2,1-4H3/t15-/m1/s1. The number of hydrogen-bond donors (Lipinski definition) is 2. The molecule has 0 radical (unpaired) electrons. The monoisotopic (exact) mass is 481 g/mol. The van der Waals surface area contributed by atoms with Crippen molar-refractivity contribution in [3.8, 4) is 0 Å². The average molecular weight is 481 g/mol. The number of hydrogen-bond acceptors (Lipinski definition) is 5. The molecule has 8 heteroatoms. The Hall–Kier alpha value is -1.55. The Kier molecular flexibility index (Phi) is 8.14. The van der Waals surface area contributed by atoms with Gasteiger partial charge in [-0.15, -0.1) is 0 Å². The van der Waals surface area contributed by atoms with Crippen molar-refractivity contribution in [2.45, 2.75) is 33.7 Å². The Balaban J connectivity index is 3.48. The third-order valence-electron chi connectivity index (χ3n) is 3.57. The molecule has 1 atom stereocenters. The first-order valence-electron chi connectivity index (χ1n) is 7.92. The van der Waals surface area contributed by atoms with Crippen LogP contribution in [0.2, 0.25) is 0 Å². The third kappa shape index (κ3) is 5.73. The fraction of sp³-hybridized carbons (Fsp3) is 0.444. The van der Waals surface area contributed by atoms with E-state index in [1.54, 1.807) is 29.5 Å². The summed E-state index contributed by atoms with van der Waals surface area (Å²) in [6, 6.07) is 1.15. The summed E-state index contributed by atoms with van der Waals surface area (Å²) in [6.07, 6.45) is 1.05. The van der Waals surface area contributed by atoms with Crippen LogP contribution < -0.4 is 0 Å². The molecule has 0 amide bonds. The number of aliphatic hydroxyl groups is 2. The SMILES string of the molecule is CCOC(=O)C(C=N[C@H](CO)C(C)(C)C)=C(O)c1cc(I)c(F)cc1F. The van der Waals surface area contributed by atoms with E-state index in [4.69, 9.17) is 4.74 Å². The summed E-state index contributed by atoms with van der Waals surface area (Å²) in [5.41, 5.74) is -1.13. The van der Waals surface area contributed by atoms with Crippen molar-refractivity contribution in [2.24, 2.45) is 10.4 Å². The molecule has 0 aliphatic carbocycles. The normalized spacial score (nSPS) is 14.3. The molecule has 0 aliphatic rings. The van der Waals surface area contributed by atoms with Crippen LogP contribution >= 0.6 is 22.6 Å². The summed E-state index contributed by atoms with van der Waals surface area (Å²) in [5, 5.41) is 19.9. The predicted octanol–water partition coefficient (Wildman–Crippen LogP) is 3.88. The van der Waals surface area contributed by atoms with E-state index in [0.29, 0.717) is 6.07 Å². The highest BCUT2D eigenvalue weighted by atomic mass is 127. The zero-order chi connectivity index (χ0) is 20.1. The van der Waals surface area contributed by atoms with Gasteiger partial charge in [-0.25, -0.2) is 13.6 Å². The van der Waals surface area contributed by atoms with Crippen LogP contribution in [-0.4, -0.2) is 41.7 Å². The molecule has 1 aromatic carbocycles. The number of carbonyl (C=O) groups excluding carboxylic acids is 1. The molecule has 26 heavy (non-hydrogen) atoms. The van der Waals surface area contributed by atoms with Gasteiger partial charge in [0.2, 0.25) is 0 Å². The fourth-order valence-electron chi connectivity index (χ4n) is 1.98. The van der Waals surface area contributed by atoms with Crippen LogP contribution in [0.5, 0.6) is 0 Å². The van der Waals surface area contributed by atoms with Crippen molar-refractivity contribution in [3.63, 3.8) is 0 Å². The second kappa shape index (κ2) is 9.40. The van der Waals surface area contributed by atoms with E-state index >= 15 is 0 Å². The lowest BCUT2D eigenvalue weighted by atomic mass is 9.88. The van der Waals surface area contributed by atoms with Crippen LogP contribution in [0, 0.1) is 20.6 Å². The Bertz CT molecular complexity index is 727. The van der Waals surface area contributed by atoms with Crippen molar-refractivity contribution in [2.75, 3.05) is 13.2 Å². The largest absolute Gasteiger partial charge is 0.506 e. The van der Waals surface area contributed by atoms with Crippen LogP contribution in [0.4, 0.5) is 8.78 Å². The van der Waals surface area contributed by atoms with Crippen LogP contribution in [0.3, 0.4) is 0 Å². The van der Waals surface area contributed by atoms with Gasteiger partial charge in [0.05, 0.1) is 24.8 Å². The summed E-state index contributed by atoms with van der Waals surface area (Å²) in [4.78, 5) is 16.3. The maximum atomic E-state index is 14.1. The molecular weight excluding hydrogens is 459 g/mol. The minimum Gasteiger partial charge on any atom is -0.506 e. The van der Waals surface area contributed by atoms with E-state index in [9.17, 15) is 23.8 Å². The summed E-state index contributed by atoms with van der Waals surface area (Å²) in [5.74, 6) is -3.42. The summed E-state index contributed by atoms with van der Waals surface area (Å²) in [7, 11) is 0. The first-order chi connectivity index (χ1) is 12.0. The third-order valence-corrected chi connectivity index (χ3v) is 4.40.